The Morgan fingerprint density at radius 2 is 2.08 bits per heavy atom. The summed E-state index contributed by atoms with van der Waals surface area (Å²) < 4.78 is 0. The minimum atomic E-state index is 0.125. The lowest BCUT2D eigenvalue weighted by Gasteiger charge is -2.22. The van der Waals surface area contributed by atoms with Crippen molar-refractivity contribution in [3.63, 3.8) is 0 Å². The summed E-state index contributed by atoms with van der Waals surface area (Å²) in [5.74, 6) is 0.125. The summed E-state index contributed by atoms with van der Waals surface area (Å²) in [5.41, 5.74) is 2.99. The summed E-state index contributed by atoms with van der Waals surface area (Å²) in [6, 6.07) is 12.0. The van der Waals surface area contributed by atoms with Gasteiger partial charge >= 0.3 is 0 Å². The van der Waals surface area contributed by atoms with Gasteiger partial charge < -0.3 is 9.88 Å². The van der Waals surface area contributed by atoms with Crippen LogP contribution in [0.2, 0.25) is 0 Å². The largest absolute Gasteiger partial charge is 0.361 e. The normalized spacial score (nSPS) is 16.1. The van der Waals surface area contributed by atoms with Crippen LogP contribution in [0.1, 0.15) is 22.3 Å². The first-order valence-corrected chi connectivity index (χ1v) is 8.77. The lowest BCUT2D eigenvalue weighted by Crippen LogP contribution is -2.35. The SMILES string of the molecule is O=C(c1ccc2cc[nH]c2c1)N1CCCN(Cc2cccnc2)CC1. The van der Waals surface area contributed by atoms with Crippen LogP contribution < -0.4 is 0 Å². The van der Waals surface area contributed by atoms with Gasteiger partial charge in [-0.25, -0.2) is 0 Å². The molecule has 0 unspecified atom stereocenters. The van der Waals surface area contributed by atoms with E-state index in [1.165, 1.54) is 5.56 Å². The molecule has 3 aromatic rings. The number of nitrogens with zero attached hydrogens (tertiary/aromatic N) is 3. The van der Waals surface area contributed by atoms with Crippen LogP contribution in [0.25, 0.3) is 10.9 Å². The summed E-state index contributed by atoms with van der Waals surface area (Å²) in [7, 11) is 0. The Kier molecular flexibility index (Phi) is 4.48. The summed E-state index contributed by atoms with van der Waals surface area (Å²) in [5, 5.41) is 1.13. The molecule has 1 saturated heterocycles. The van der Waals surface area contributed by atoms with Crippen molar-refractivity contribution in [2.24, 2.45) is 0 Å². The molecule has 4 rings (SSSR count). The second-order valence-electron chi connectivity index (χ2n) is 6.56. The van der Waals surface area contributed by atoms with E-state index in [1.807, 2.05) is 47.6 Å². The van der Waals surface area contributed by atoms with Gasteiger partial charge in [-0.05, 0) is 41.6 Å². The molecule has 25 heavy (non-hydrogen) atoms. The van der Waals surface area contributed by atoms with Crippen molar-refractivity contribution < 1.29 is 4.79 Å². The smallest absolute Gasteiger partial charge is 0.253 e. The molecule has 0 spiro atoms. The van der Waals surface area contributed by atoms with Gasteiger partial charge in [0.2, 0.25) is 0 Å². The van der Waals surface area contributed by atoms with E-state index in [9.17, 15) is 4.79 Å². The number of nitrogens with one attached hydrogen (secondary N) is 1. The lowest BCUT2D eigenvalue weighted by molar-refractivity contribution is 0.0761. The summed E-state index contributed by atoms with van der Waals surface area (Å²) in [6.07, 6.45) is 6.62. The van der Waals surface area contributed by atoms with E-state index in [-0.39, 0.29) is 5.91 Å². The third kappa shape index (κ3) is 3.56. The van der Waals surface area contributed by atoms with Gasteiger partial charge in [0.25, 0.3) is 5.91 Å². The van der Waals surface area contributed by atoms with Crippen molar-refractivity contribution >= 4 is 16.8 Å². The number of amides is 1. The van der Waals surface area contributed by atoms with Crippen LogP contribution in [-0.2, 0) is 6.54 Å². The third-order valence-corrected chi connectivity index (χ3v) is 4.81. The zero-order valence-corrected chi connectivity index (χ0v) is 14.2. The highest BCUT2D eigenvalue weighted by Gasteiger charge is 2.20. The molecule has 2 aromatic heterocycles. The number of carbonyl (C=O) groups is 1. The summed E-state index contributed by atoms with van der Waals surface area (Å²) in [4.78, 5) is 24.6. The number of hydrogen-bond donors (Lipinski definition) is 1. The Bertz CT molecular complexity index is 858. The highest BCUT2D eigenvalue weighted by Crippen LogP contribution is 2.17. The van der Waals surface area contributed by atoms with Crippen LogP contribution in [-0.4, -0.2) is 51.9 Å². The average Bonchev–Trinajstić information content (AvgIpc) is 3.00. The van der Waals surface area contributed by atoms with Crippen LogP contribution in [0.4, 0.5) is 0 Å². The fourth-order valence-electron chi connectivity index (χ4n) is 3.45. The van der Waals surface area contributed by atoms with Crippen molar-refractivity contribution in [3.8, 4) is 0 Å². The first-order chi connectivity index (χ1) is 12.3. The van der Waals surface area contributed by atoms with Gasteiger partial charge in [-0.2, -0.15) is 0 Å². The first-order valence-electron chi connectivity index (χ1n) is 8.77. The quantitative estimate of drug-likeness (QED) is 0.801. The number of fused-ring (bicyclic) bond motifs is 1. The van der Waals surface area contributed by atoms with Crippen molar-refractivity contribution in [2.45, 2.75) is 13.0 Å². The molecule has 1 amide bonds. The van der Waals surface area contributed by atoms with E-state index >= 15 is 0 Å². The van der Waals surface area contributed by atoms with Crippen molar-refractivity contribution in [1.82, 2.24) is 19.8 Å². The predicted molar refractivity (Wildman–Crippen MR) is 98.3 cm³/mol. The Labute approximate surface area is 147 Å². The van der Waals surface area contributed by atoms with Crippen molar-refractivity contribution in [3.05, 3.63) is 66.1 Å². The maximum atomic E-state index is 12.9. The summed E-state index contributed by atoms with van der Waals surface area (Å²) in [6.45, 7) is 4.37. The van der Waals surface area contributed by atoms with E-state index < -0.39 is 0 Å². The fraction of sp³-hybridized carbons (Fsp3) is 0.300. The molecule has 0 atom stereocenters. The molecule has 1 fully saturated rings. The molecule has 1 aromatic carbocycles. The standard InChI is InChI=1S/C20H22N4O/c25-20(18-5-4-17-6-8-22-19(17)13-18)24-10-2-9-23(11-12-24)15-16-3-1-7-21-14-16/h1,3-8,13-14,22H,2,9-12,15H2. The zero-order chi connectivity index (χ0) is 17.1. The van der Waals surface area contributed by atoms with Gasteiger partial charge in [-0.1, -0.05) is 12.1 Å². The predicted octanol–water partition coefficient (Wildman–Crippen LogP) is 2.91. The molecule has 1 aliphatic heterocycles. The van der Waals surface area contributed by atoms with Gasteiger partial charge in [-0.3, -0.25) is 14.7 Å². The van der Waals surface area contributed by atoms with Crippen molar-refractivity contribution in [1.29, 1.82) is 0 Å². The Morgan fingerprint density at radius 1 is 1.12 bits per heavy atom. The van der Waals surface area contributed by atoms with Gasteiger partial charge in [0, 0.05) is 62.4 Å². The lowest BCUT2D eigenvalue weighted by atomic mass is 10.1. The number of pyridine rings is 1. The first kappa shape index (κ1) is 15.8. The van der Waals surface area contributed by atoms with E-state index in [2.05, 4.69) is 20.9 Å². The van der Waals surface area contributed by atoms with Crippen LogP contribution in [0.15, 0.2) is 55.0 Å². The molecule has 1 aliphatic rings. The number of hydrogen-bond acceptors (Lipinski definition) is 3. The molecule has 0 aliphatic carbocycles. The summed E-state index contributed by atoms with van der Waals surface area (Å²) >= 11 is 0. The monoisotopic (exact) mass is 334 g/mol. The average molecular weight is 334 g/mol. The number of aromatic nitrogens is 2. The Morgan fingerprint density at radius 3 is 2.96 bits per heavy atom. The molecular formula is C20H22N4O. The minimum absolute atomic E-state index is 0.125. The highest BCUT2D eigenvalue weighted by atomic mass is 16.2. The molecular weight excluding hydrogens is 312 g/mol. The number of aromatic amines is 1. The second kappa shape index (κ2) is 7.07. The van der Waals surface area contributed by atoms with Crippen LogP contribution >= 0.6 is 0 Å². The second-order valence-corrected chi connectivity index (χ2v) is 6.56. The van der Waals surface area contributed by atoms with Gasteiger partial charge in [-0.15, -0.1) is 0 Å². The molecule has 128 valence electrons. The molecule has 3 heterocycles. The molecule has 0 radical (unpaired) electrons. The molecule has 1 N–H and O–H groups in total. The minimum Gasteiger partial charge on any atom is -0.361 e. The Hall–Kier alpha value is -2.66. The molecule has 5 heteroatoms. The van der Waals surface area contributed by atoms with E-state index in [4.69, 9.17) is 0 Å². The zero-order valence-electron chi connectivity index (χ0n) is 14.2. The molecule has 5 nitrogen and oxygen atoms in total. The molecule has 0 bridgehead atoms. The van der Waals surface area contributed by atoms with E-state index in [0.717, 1.165) is 55.6 Å². The maximum Gasteiger partial charge on any atom is 0.253 e. The topological polar surface area (TPSA) is 52.2 Å². The number of rotatable bonds is 3. The number of benzene rings is 1. The van der Waals surface area contributed by atoms with Gasteiger partial charge in [0.05, 0.1) is 0 Å². The van der Waals surface area contributed by atoms with Gasteiger partial charge in [0.1, 0.15) is 0 Å². The van der Waals surface area contributed by atoms with E-state index in [1.54, 1.807) is 6.20 Å². The van der Waals surface area contributed by atoms with E-state index in [0.29, 0.717) is 0 Å². The van der Waals surface area contributed by atoms with Crippen molar-refractivity contribution in [2.75, 3.05) is 26.2 Å². The molecule has 0 saturated carbocycles. The van der Waals surface area contributed by atoms with Crippen LogP contribution in [0.5, 0.6) is 0 Å². The van der Waals surface area contributed by atoms with Crippen LogP contribution in [0, 0.1) is 0 Å². The fourth-order valence-corrected chi connectivity index (χ4v) is 3.45. The Balaban J connectivity index is 1.42. The highest BCUT2D eigenvalue weighted by molar-refractivity contribution is 5.97. The number of H-pyrrole nitrogens is 1. The van der Waals surface area contributed by atoms with Gasteiger partial charge in [0.15, 0.2) is 0 Å². The number of carbonyl (C=O) groups excluding carboxylic acids is 1. The third-order valence-electron chi connectivity index (χ3n) is 4.81. The van der Waals surface area contributed by atoms with Crippen LogP contribution in [0.3, 0.4) is 0 Å². The maximum absolute atomic E-state index is 12.9.